The number of Topliss-reactive ketones (excluding diaryl/α,β-unsaturated/α-hetero) is 2. The number of ether oxygens (including phenoxy) is 3. The third kappa shape index (κ3) is 3.40. The molecule has 8 rings (SSSR count). The van der Waals surface area contributed by atoms with Crippen LogP contribution in [0, 0.1) is 5.92 Å². The van der Waals surface area contributed by atoms with Gasteiger partial charge in [-0.3, -0.25) is 14.4 Å². The predicted molar refractivity (Wildman–Crippen MR) is 158 cm³/mol. The molecule has 1 saturated heterocycles. The van der Waals surface area contributed by atoms with Crippen LogP contribution in [0.25, 0.3) is 6.08 Å². The second-order valence-corrected chi connectivity index (χ2v) is 11.1. The lowest BCUT2D eigenvalue weighted by atomic mass is 9.62. The number of methoxy groups -OCH3 is 1. The normalized spacial score (nSPS) is 23.9. The van der Waals surface area contributed by atoms with Crippen LogP contribution in [0.2, 0.25) is 0 Å². The molecule has 8 nitrogen and oxygen atoms in total. The summed E-state index contributed by atoms with van der Waals surface area (Å²) >= 11 is 0. The van der Waals surface area contributed by atoms with Gasteiger partial charge in [-0.1, -0.05) is 54.6 Å². The zero-order valence-electron chi connectivity index (χ0n) is 23.2. The number of benzene rings is 4. The van der Waals surface area contributed by atoms with Gasteiger partial charge in [0.15, 0.2) is 23.1 Å². The van der Waals surface area contributed by atoms with Crippen molar-refractivity contribution in [2.75, 3.05) is 19.2 Å². The molecule has 4 aliphatic heterocycles. The zero-order valence-corrected chi connectivity index (χ0v) is 23.2. The highest BCUT2D eigenvalue weighted by atomic mass is 16.7. The molecule has 0 unspecified atom stereocenters. The van der Waals surface area contributed by atoms with E-state index in [4.69, 9.17) is 14.2 Å². The number of anilines is 1. The highest BCUT2D eigenvalue weighted by molar-refractivity contribution is 6.17. The van der Waals surface area contributed by atoms with Gasteiger partial charge < -0.3 is 24.4 Å². The second kappa shape index (κ2) is 9.32. The lowest BCUT2D eigenvalue weighted by Gasteiger charge is -2.38. The first-order valence-electron chi connectivity index (χ1n) is 14.1. The van der Waals surface area contributed by atoms with Gasteiger partial charge in [0, 0.05) is 17.5 Å². The molecule has 4 aromatic rings. The number of hydrogen-bond acceptors (Lipinski definition) is 7. The summed E-state index contributed by atoms with van der Waals surface area (Å²) < 4.78 is 16.7. The number of hydrogen-bond donors (Lipinski definition) is 1. The fourth-order valence-corrected chi connectivity index (χ4v) is 7.40. The van der Waals surface area contributed by atoms with E-state index in [1.807, 2.05) is 65.7 Å². The van der Waals surface area contributed by atoms with E-state index in [1.54, 1.807) is 42.5 Å². The monoisotopic (exact) mass is 570 g/mol. The molecule has 8 heteroatoms. The molecule has 0 saturated carbocycles. The Bertz CT molecular complexity index is 1880. The van der Waals surface area contributed by atoms with E-state index in [0.29, 0.717) is 39.6 Å². The molecule has 212 valence electrons. The Hall–Kier alpha value is -5.37. The van der Waals surface area contributed by atoms with Crippen LogP contribution in [0.5, 0.6) is 17.2 Å². The smallest absolute Gasteiger partial charge is 0.238 e. The summed E-state index contributed by atoms with van der Waals surface area (Å²) in [5.41, 5.74) is 2.37. The van der Waals surface area contributed by atoms with E-state index >= 15 is 4.79 Å². The SMILES string of the molecule is COc1ccccc1C(=O)[C@@H]1[C@H](C(=O)c2ccc3c(c2)OCO3)N2C=Cc3ccccc3[C@H]2[C@]12C(=O)Nc1ccccc12. The molecule has 4 atom stereocenters. The van der Waals surface area contributed by atoms with E-state index in [0.717, 1.165) is 11.1 Å². The van der Waals surface area contributed by atoms with Crippen LogP contribution in [-0.2, 0) is 10.2 Å². The molecule has 0 bridgehead atoms. The van der Waals surface area contributed by atoms with Crippen molar-refractivity contribution in [1.29, 1.82) is 0 Å². The van der Waals surface area contributed by atoms with Crippen LogP contribution in [0.1, 0.15) is 43.4 Å². The Labute approximate surface area is 247 Å². The lowest BCUT2D eigenvalue weighted by Crippen LogP contribution is -2.49. The summed E-state index contributed by atoms with van der Waals surface area (Å²) in [5.74, 6) is -0.668. The van der Waals surface area contributed by atoms with E-state index in [-0.39, 0.29) is 24.3 Å². The fraction of sp³-hybridized carbons (Fsp3) is 0.171. The van der Waals surface area contributed by atoms with E-state index in [9.17, 15) is 9.59 Å². The zero-order chi connectivity index (χ0) is 29.3. The third-order valence-electron chi connectivity index (χ3n) is 9.15. The molecule has 43 heavy (non-hydrogen) atoms. The lowest BCUT2D eigenvalue weighted by molar-refractivity contribution is -0.122. The summed E-state index contributed by atoms with van der Waals surface area (Å²) in [5, 5.41) is 3.07. The summed E-state index contributed by atoms with van der Waals surface area (Å²) in [4.78, 5) is 46.3. The summed E-state index contributed by atoms with van der Waals surface area (Å²) in [7, 11) is 1.51. The predicted octanol–water partition coefficient (Wildman–Crippen LogP) is 5.41. The van der Waals surface area contributed by atoms with Crippen LogP contribution in [0.4, 0.5) is 5.69 Å². The van der Waals surface area contributed by atoms with Crippen molar-refractivity contribution >= 4 is 29.2 Å². The Morgan fingerprint density at radius 2 is 1.67 bits per heavy atom. The van der Waals surface area contributed by atoms with Crippen molar-refractivity contribution in [2.24, 2.45) is 5.92 Å². The van der Waals surface area contributed by atoms with Crippen molar-refractivity contribution in [1.82, 2.24) is 4.90 Å². The maximum Gasteiger partial charge on any atom is 0.238 e. The van der Waals surface area contributed by atoms with Crippen LogP contribution in [0.3, 0.4) is 0 Å². The summed E-state index contributed by atoms with van der Waals surface area (Å²) in [6, 6.07) is 25.6. The maximum atomic E-state index is 15.0. The Kier molecular flexibility index (Phi) is 5.50. The quantitative estimate of drug-likeness (QED) is 0.321. The summed E-state index contributed by atoms with van der Waals surface area (Å²) in [6.45, 7) is 0.0686. The first kappa shape index (κ1) is 25.3. The molecule has 1 N–H and O–H groups in total. The van der Waals surface area contributed by atoms with Crippen molar-refractivity contribution in [3.05, 3.63) is 125 Å². The minimum atomic E-state index is -1.42. The van der Waals surface area contributed by atoms with E-state index in [1.165, 1.54) is 7.11 Å². The third-order valence-corrected chi connectivity index (χ3v) is 9.15. The highest BCUT2D eigenvalue weighted by Gasteiger charge is 2.71. The molecule has 0 radical (unpaired) electrons. The fourth-order valence-electron chi connectivity index (χ4n) is 7.40. The average Bonchev–Trinajstić information content (AvgIpc) is 3.73. The number of nitrogens with zero attached hydrogens (tertiary/aromatic N) is 1. The molecular weight excluding hydrogens is 544 g/mol. The Morgan fingerprint density at radius 1 is 0.907 bits per heavy atom. The van der Waals surface area contributed by atoms with Gasteiger partial charge in [-0.25, -0.2) is 0 Å². The molecule has 0 aliphatic carbocycles. The van der Waals surface area contributed by atoms with Crippen LogP contribution >= 0.6 is 0 Å². The average molecular weight is 571 g/mol. The standard InChI is InChI=1S/C35H26N2O6/c1-41-26-13-7-4-10-23(26)32(39)29-30(31(38)21-14-15-27-28(18-21)43-19-42-27)37-17-16-20-8-2-3-9-22(20)33(37)35(29)24-11-5-6-12-25(24)36-34(35)40/h2-18,29-30,33H,19H2,1H3,(H,36,40)/t29-,30+,33-,35+/m0/s1. The number of fused-ring (bicyclic) bond motifs is 7. The maximum absolute atomic E-state index is 15.0. The van der Waals surface area contributed by atoms with Gasteiger partial charge in [-0.2, -0.15) is 0 Å². The first-order chi connectivity index (χ1) is 21.0. The van der Waals surface area contributed by atoms with Crippen LogP contribution < -0.4 is 19.5 Å². The van der Waals surface area contributed by atoms with Crippen LogP contribution in [0.15, 0.2) is 97.2 Å². The molecule has 1 spiro atoms. The molecule has 1 fully saturated rings. The van der Waals surface area contributed by atoms with Crippen molar-refractivity contribution in [2.45, 2.75) is 17.5 Å². The molecule has 4 aliphatic rings. The number of rotatable bonds is 5. The number of ketones is 2. The molecule has 1 amide bonds. The number of nitrogens with one attached hydrogen (secondary N) is 1. The van der Waals surface area contributed by atoms with E-state index in [2.05, 4.69) is 5.32 Å². The van der Waals surface area contributed by atoms with Gasteiger partial charge in [0.2, 0.25) is 12.7 Å². The number of para-hydroxylation sites is 2. The minimum absolute atomic E-state index is 0.0686. The number of carbonyl (C=O) groups is 3. The van der Waals surface area contributed by atoms with Crippen molar-refractivity contribution < 1.29 is 28.6 Å². The Morgan fingerprint density at radius 3 is 2.56 bits per heavy atom. The number of amides is 1. The summed E-state index contributed by atoms with van der Waals surface area (Å²) in [6.07, 6.45) is 3.79. The second-order valence-electron chi connectivity index (χ2n) is 11.1. The van der Waals surface area contributed by atoms with Crippen LogP contribution in [-0.4, -0.2) is 42.3 Å². The van der Waals surface area contributed by atoms with Gasteiger partial charge in [0.1, 0.15) is 17.2 Å². The highest BCUT2D eigenvalue weighted by Crippen LogP contribution is 2.62. The number of carbonyl (C=O) groups excluding carboxylic acids is 3. The van der Waals surface area contributed by atoms with Gasteiger partial charge in [-0.05, 0) is 59.2 Å². The molecule has 4 heterocycles. The Balaban J connectivity index is 1.42. The van der Waals surface area contributed by atoms with Crippen molar-refractivity contribution in [3.63, 3.8) is 0 Å². The molecule has 4 aromatic carbocycles. The minimum Gasteiger partial charge on any atom is -0.496 e. The van der Waals surface area contributed by atoms with Crippen molar-refractivity contribution in [3.8, 4) is 17.2 Å². The molecule has 0 aromatic heterocycles. The van der Waals surface area contributed by atoms with Gasteiger partial charge in [0.25, 0.3) is 0 Å². The molecular formula is C35H26N2O6. The van der Waals surface area contributed by atoms with Gasteiger partial charge >= 0.3 is 0 Å². The first-order valence-corrected chi connectivity index (χ1v) is 14.1. The van der Waals surface area contributed by atoms with Gasteiger partial charge in [0.05, 0.1) is 24.6 Å². The van der Waals surface area contributed by atoms with E-state index < -0.39 is 23.4 Å². The topological polar surface area (TPSA) is 94.2 Å². The largest absolute Gasteiger partial charge is 0.496 e. The van der Waals surface area contributed by atoms with Gasteiger partial charge in [-0.15, -0.1) is 0 Å².